The summed E-state index contributed by atoms with van der Waals surface area (Å²) < 4.78 is 4.88. The summed E-state index contributed by atoms with van der Waals surface area (Å²) in [5.74, 6) is -1.35. The predicted molar refractivity (Wildman–Crippen MR) is 56.4 cm³/mol. The Hall–Kier alpha value is -1.32. The molecule has 86 valence electrons. The van der Waals surface area contributed by atoms with Gasteiger partial charge >= 0.3 is 11.9 Å². The Kier molecular flexibility index (Phi) is 7.32. The van der Waals surface area contributed by atoms with Crippen molar-refractivity contribution < 1.29 is 19.4 Å². The lowest BCUT2D eigenvalue weighted by atomic mass is 9.98. The number of carboxylic acid groups (broad SMARTS) is 1. The molecular weight excluding hydrogens is 196 g/mol. The third kappa shape index (κ3) is 6.71. The maximum absolute atomic E-state index is 11.4. The molecule has 0 rings (SSSR count). The maximum Gasteiger partial charge on any atom is 0.309 e. The molecule has 0 bridgehead atoms. The van der Waals surface area contributed by atoms with Crippen LogP contribution in [-0.2, 0) is 14.3 Å². The van der Waals surface area contributed by atoms with Crippen molar-refractivity contribution >= 4 is 11.9 Å². The van der Waals surface area contributed by atoms with E-state index in [9.17, 15) is 9.59 Å². The van der Waals surface area contributed by atoms with Gasteiger partial charge in [0.1, 0.15) is 0 Å². The first kappa shape index (κ1) is 13.7. The highest BCUT2D eigenvalue weighted by Gasteiger charge is 2.18. The number of carbonyl (C=O) groups is 2. The van der Waals surface area contributed by atoms with Crippen molar-refractivity contribution in [3.05, 3.63) is 12.7 Å². The van der Waals surface area contributed by atoms with Gasteiger partial charge in [0.25, 0.3) is 0 Å². The minimum atomic E-state index is -0.837. The van der Waals surface area contributed by atoms with Gasteiger partial charge in [-0.05, 0) is 26.2 Å². The van der Waals surface area contributed by atoms with E-state index < -0.39 is 5.97 Å². The summed E-state index contributed by atoms with van der Waals surface area (Å²) in [7, 11) is 0. The lowest BCUT2D eigenvalue weighted by Gasteiger charge is -2.12. The lowest BCUT2D eigenvalue weighted by Crippen LogP contribution is -2.17. The average Bonchev–Trinajstić information content (AvgIpc) is 2.16. The fourth-order valence-corrected chi connectivity index (χ4v) is 1.29. The predicted octanol–water partition coefficient (Wildman–Crippen LogP) is 2.00. The molecule has 0 aromatic rings. The number of rotatable bonds is 8. The van der Waals surface area contributed by atoms with Crippen LogP contribution in [0.3, 0.4) is 0 Å². The molecule has 0 aliphatic rings. The third-order valence-corrected chi connectivity index (χ3v) is 2.01. The summed E-state index contributed by atoms with van der Waals surface area (Å²) in [6.45, 7) is 5.66. The zero-order valence-electron chi connectivity index (χ0n) is 9.07. The molecule has 0 heterocycles. The Morgan fingerprint density at radius 1 is 1.53 bits per heavy atom. The van der Waals surface area contributed by atoms with Gasteiger partial charge in [-0.25, -0.2) is 0 Å². The van der Waals surface area contributed by atoms with Crippen LogP contribution in [0, 0.1) is 5.92 Å². The van der Waals surface area contributed by atoms with Crippen LogP contribution in [0.2, 0.25) is 0 Å². The van der Waals surface area contributed by atoms with Gasteiger partial charge in [-0.2, -0.15) is 0 Å². The summed E-state index contributed by atoms with van der Waals surface area (Å²) in [4.78, 5) is 21.7. The van der Waals surface area contributed by atoms with E-state index in [1.54, 1.807) is 13.0 Å². The van der Waals surface area contributed by atoms with Crippen molar-refractivity contribution in [1.82, 2.24) is 0 Å². The highest BCUT2D eigenvalue weighted by atomic mass is 16.5. The second-order valence-corrected chi connectivity index (χ2v) is 3.26. The molecule has 1 unspecified atom stereocenters. The fourth-order valence-electron chi connectivity index (χ4n) is 1.29. The van der Waals surface area contributed by atoms with E-state index in [0.29, 0.717) is 25.9 Å². The number of hydrogen-bond acceptors (Lipinski definition) is 3. The van der Waals surface area contributed by atoms with Crippen molar-refractivity contribution in [2.24, 2.45) is 5.92 Å². The molecular formula is C11H18O4. The molecule has 0 saturated carbocycles. The summed E-state index contributed by atoms with van der Waals surface area (Å²) in [5.41, 5.74) is 0. The van der Waals surface area contributed by atoms with Gasteiger partial charge in [0.05, 0.1) is 12.5 Å². The molecule has 0 saturated heterocycles. The molecule has 0 radical (unpaired) electrons. The van der Waals surface area contributed by atoms with E-state index >= 15 is 0 Å². The van der Waals surface area contributed by atoms with E-state index in [1.165, 1.54) is 0 Å². The first-order valence-electron chi connectivity index (χ1n) is 5.11. The molecule has 15 heavy (non-hydrogen) atoms. The number of carboxylic acids is 1. The molecule has 0 spiro atoms. The van der Waals surface area contributed by atoms with Gasteiger partial charge < -0.3 is 9.84 Å². The minimum absolute atomic E-state index is 0.0903. The van der Waals surface area contributed by atoms with Crippen LogP contribution in [0.4, 0.5) is 0 Å². The first-order chi connectivity index (χ1) is 7.11. The largest absolute Gasteiger partial charge is 0.481 e. The van der Waals surface area contributed by atoms with Crippen molar-refractivity contribution in [2.75, 3.05) is 6.61 Å². The topological polar surface area (TPSA) is 63.6 Å². The van der Waals surface area contributed by atoms with Crippen LogP contribution in [0.5, 0.6) is 0 Å². The second kappa shape index (κ2) is 8.03. The zero-order valence-corrected chi connectivity index (χ0v) is 9.07. The van der Waals surface area contributed by atoms with Crippen molar-refractivity contribution in [2.45, 2.75) is 32.6 Å². The number of esters is 1. The second-order valence-electron chi connectivity index (χ2n) is 3.26. The molecule has 1 atom stereocenters. The first-order valence-corrected chi connectivity index (χ1v) is 5.11. The van der Waals surface area contributed by atoms with Gasteiger partial charge in [-0.15, -0.1) is 6.58 Å². The van der Waals surface area contributed by atoms with Crippen LogP contribution < -0.4 is 0 Å². The molecule has 0 amide bonds. The SMILES string of the molecule is C=CCC(CCCC(=O)O)C(=O)OCC. The Bertz CT molecular complexity index is 223. The van der Waals surface area contributed by atoms with Crippen LogP contribution in [-0.4, -0.2) is 23.7 Å². The minimum Gasteiger partial charge on any atom is -0.481 e. The maximum atomic E-state index is 11.4. The lowest BCUT2D eigenvalue weighted by molar-refractivity contribution is -0.148. The summed E-state index contributed by atoms with van der Waals surface area (Å²) in [6, 6.07) is 0. The van der Waals surface area contributed by atoms with Gasteiger partial charge in [0.15, 0.2) is 0 Å². The molecule has 4 heteroatoms. The highest BCUT2D eigenvalue weighted by Crippen LogP contribution is 2.15. The smallest absolute Gasteiger partial charge is 0.309 e. The van der Waals surface area contributed by atoms with Gasteiger partial charge in [-0.1, -0.05) is 6.08 Å². The third-order valence-electron chi connectivity index (χ3n) is 2.01. The molecule has 4 nitrogen and oxygen atoms in total. The molecule has 0 aromatic heterocycles. The Balaban J connectivity index is 3.97. The molecule has 0 aliphatic carbocycles. The monoisotopic (exact) mass is 214 g/mol. The van der Waals surface area contributed by atoms with Crippen molar-refractivity contribution in [3.8, 4) is 0 Å². The Labute approximate surface area is 89.9 Å². The van der Waals surface area contributed by atoms with E-state index in [-0.39, 0.29) is 18.3 Å². The van der Waals surface area contributed by atoms with E-state index in [2.05, 4.69) is 6.58 Å². The van der Waals surface area contributed by atoms with Crippen LogP contribution in [0.15, 0.2) is 12.7 Å². The summed E-state index contributed by atoms with van der Waals surface area (Å²) in [6.07, 6.45) is 3.32. The van der Waals surface area contributed by atoms with Crippen LogP contribution in [0.1, 0.15) is 32.6 Å². The normalized spacial score (nSPS) is 11.8. The quantitative estimate of drug-likeness (QED) is 0.495. The number of carbonyl (C=O) groups excluding carboxylic acids is 1. The molecule has 1 N–H and O–H groups in total. The molecule has 0 aliphatic heterocycles. The number of allylic oxidation sites excluding steroid dienone is 1. The number of hydrogen-bond donors (Lipinski definition) is 1. The Morgan fingerprint density at radius 3 is 2.67 bits per heavy atom. The molecule has 0 fully saturated rings. The standard InChI is InChI=1S/C11H18O4/c1-3-6-9(11(14)15-4-2)7-5-8-10(12)13/h3,9H,1,4-8H2,2H3,(H,12,13). The van der Waals surface area contributed by atoms with Crippen molar-refractivity contribution in [3.63, 3.8) is 0 Å². The Morgan fingerprint density at radius 2 is 2.20 bits per heavy atom. The van der Waals surface area contributed by atoms with E-state index in [4.69, 9.17) is 9.84 Å². The molecule has 0 aromatic carbocycles. The van der Waals surface area contributed by atoms with E-state index in [1.807, 2.05) is 0 Å². The zero-order chi connectivity index (χ0) is 11.7. The summed E-state index contributed by atoms with van der Waals surface area (Å²) >= 11 is 0. The van der Waals surface area contributed by atoms with Gasteiger partial charge in [-0.3, -0.25) is 9.59 Å². The number of aliphatic carboxylic acids is 1. The van der Waals surface area contributed by atoms with Gasteiger partial charge in [0.2, 0.25) is 0 Å². The van der Waals surface area contributed by atoms with Gasteiger partial charge in [0, 0.05) is 6.42 Å². The summed E-state index contributed by atoms with van der Waals surface area (Å²) in [5, 5.41) is 8.46. The van der Waals surface area contributed by atoms with E-state index in [0.717, 1.165) is 0 Å². The number of ether oxygens (including phenoxy) is 1. The van der Waals surface area contributed by atoms with Crippen LogP contribution >= 0.6 is 0 Å². The average molecular weight is 214 g/mol. The van der Waals surface area contributed by atoms with Crippen LogP contribution in [0.25, 0.3) is 0 Å². The van der Waals surface area contributed by atoms with Crippen molar-refractivity contribution in [1.29, 1.82) is 0 Å². The fraction of sp³-hybridized carbons (Fsp3) is 0.636. The highest BCUT2D eigenvalue weighted by molar-refractivity contribution is 5.72.